The first-order valence-electron chi connectivity index (χ1n) is 5.49. The van der Waals surface area contributed by atoms with Gasteiger partial charge in [-0.05, 0) is 33.1 Å². The molecule has 1 aliphatic heterocycles. The van der Waals surface area contributed by atoms with Gasteiger partial charge in [0.05, 0.1) is 6.61 Å². The SMILES string of the molecule is CCCC(C)(C)NC1CCCOC1. The third kappa shape index (κ3) is 4.10. The van der Waals surface area contributed by atoms with Gasteiger partial charge in [-0.3, -0.25) is 0 Å². The van der Waals surface area contributed by atoms with Crippen LogP contribution in [0.15, 0.2) is 0 Å². The highest BCUT2D eigenvalue weighted by molar-refractivity contribution is 4.82. The van der Waals surface area contributed by atoms with Crippen LogP contribution >= 0.6 is 0 Å². The lowest BCUT2D eigenvalue weighted by molar-refractivity contribution is 0.0594. The Morgan fingerprint density at radius 3 is 2.77 bits per heavy atom. The minimum Gasteiger partial charge on any atom is -0.380 e. The Balaban J connectivity index is 2.28. The van der Waals surface area contributed by atoms with E-state index in [4.69, 9.17) is 4.74 Å². The molecule has 13 heavy (non-hydrogen) atoms. The Labute approximate surface area is 82.0 Å². The molecule has 1 heterocycles. The topological polar surface area (TPSA) is 21.3 Å². The van der Waals surface area contributed by atoms with Crippen molar-refractivity contribution in [2.45, 2.75) is 58.0 Å². The second-order valence-electron chi connectivity index (χ2n) is 4.69. The highest BCUT2D eigenvalue weighted by atomic mass is 16.5. The van der Waals surface area contributed by atoms with Crippen LogP contribution in [0.5, 0.6) is 0 Å². The number of hydrogen-bond donors (Lipinski definition) is 1. The average Bonchev–Trinajstić information content (AvgIpc) is 2.04. The minimum atomic E-state index is 0.278. The molecule has 0 saturated carbocycles. The summed E-state index contributed by atoms with van der Waals surface area (Å²) >= 11 is 0. The molecule has 2 heteroatoms. The molecule has 1 saturated heterocycles. The van der Waals surface area contributed by atoms with Crippen molar-refractivity contribution in [1.29, 1.82) is 0 Å². The number of rotatable bonds is 4. The highest BCUT2D eigenvalue weighted by Gasteiger charge is 2.22. The van der Waals surface area contributed by atoms with Crippen LogP contribution in [0.25, 0.3) is 0 Å². The smallest absolute Gasteiger partial charge is 0.0619 e. The molecule has 0 amide bonds. The number of hydrogen-bond acceptors (Lipinski definition) is 2. The molecule has 1 fully saturated rings. The van der Waals surface area contributed by atoms with Gasteiger partial charge >= 0.3 is 0 Å². The van der Waals surface area contributed by atoms with Gasteiger partial charge in [-0.25, -0.2) is 0 Å². The lowest BCUT2D eigenvalue weighted by Crippen LogP contribution is -2.49. The van der Waals surface area contributed by atoms with Crippen molar-refractivity contribution in [2.75, 3.05) is 13.2 Å². The maximum atomic E-state index is 5.44. The standard InChI is InChI=1S/C11H23NO/c1-4-7-11(2,3)12-10-6-5-8-13-9-10/h10,12H,4-9H2,1-3H3. The molecule has 1 aliphatic rings. The molecular formula is C11H23NO. The van der Waals surface area contributed by atoms with E-state index in [0.29, 0.717) is 6.04 Å². The maximum Gasteiger partial charge on any atom is 0.0619 e. The Hall–Kier alpha value is -0.0800. The summed E-state index contributed by atoms with van der Waals surface area (Å²) in [6.45, 7) is 8.65. The molecular weight excluding hydrogens is 162 g/mol. The summed E-state index contributed by atoms with van der Waals surface area (Å²) in [7, 11) is 0. The van der Waals surface area contributed by atoms with Crippen LogP contribution in [0.2, 0.25) is 0 Å². The summed E-state index contributed by atoms with van der Waals surface area (Å²) in [6.07, 6.45) is 4.96. The molecule has 78 valence electrons. The number of ether oxygens (including phenoxy) is 1. The van der Waals surface area contributed by atoms with Gasteiger partial charge in [-0.1, -0.05) is 13.3 Å². The molecule has 1 N–H and O–H groups in total. The lowest BCUT2D eigenvalue weighted by atomic mass is 9.96. The van der Waals surface area contributed by atoms with E-state index in [2.05, 4.69) is 26.1 Å². The van der Waals surface area contributed by atoms with Gasteiger partial charge in [0.25, 0.3) is 0 Å². The zero-order valence-corrected chi connectivity index (χ0v) is 9.23. The predicted molar refractivity (Wildman–Crippen MR) is 56.0 cm³/mol. The van der Waals surface area contributed by atoms with E-state index < -0.39 is 0 Å². The van der Waals surface area contributed by atoms with Gasteiger partial charge in [-0.2, -0.15) is 0 Å². The monoisotopic (exact) mass is 185 g/mol. The van der Waals surface area contributed by atoms with Crippen LogP contribution in [-0.4, -0.2) is 24.8 Å². The van der Waals surface area contributed by atoms with E-state index in [1.165, 1.54) is 25.7 Å². The molecule has 0 spiro atoms. The van der Waals surface area contributed by atoms with Crippen LogP contribution in [-0.2, 0) is 4.74 Å². The van der Waals surface area contributed by atoms with Crippen molar-refractivity contribution >= 4 is 0 Å². The van der Waals surface area contributed by atoms with Gasteiger partial charge in [0.1, 0.15) is 0 Å². The second kappa shape index (κ2) is 4.97. The molecule has 0 aromatic carbocycles. The molecule has 1 unspecified atom stereocenters. The van der Waals surface area contributed by atoms with Gasteiger partial charge in [-0.15, -0.1) is 0 Å². The molecule has 0 aromatic heterocycles. The normalized spacial score (nSPS) is 24.7. The van der Waals surface area contributed by atoms with E-state index in [0.717, 1.165) is 13.2 Å². The predicted octanol–water partition coefficient (Wildman–Crippen LogP) is 2.33. The van der Waals surface area contributed by atoms with Crippen molar-refractivity contribution in [2.24, 2.45) is 0 Å². The van der Waals surface area contributed by atoms with E-state index in [-0.39, 0.29) is 5.54 Å². The van der Waals surface area contributed by atoms with Crippen molar-refractivity contribution < 1.29 is 4.74 Å². The Morgan fingerprint density at radius 2 is 2.23 bits per heavy atom. The van der Waals surface area contributed by atoms with Crippen molar-refractivity contribution in [3.05, 3.63) is 0 Å². The molecule has 0 radical (unpaired) electrons. The first-order valence-corrected chi connectivity index (χ1v) is 5.49. The Bertz CT molecular complexity index is 139. The third-order valence-electron chi connectivity index (χ3n) is 2.63. The fourth-order valence-electron chi connectivity index (χ4n) is 2.10. The van der Waals surface area contributed by atoms with E-state index in [1.807, 2.05) is 0 Å². The first-order chi connectivity index (χ1) is 6.14. The average molecular weight is 185 g/mol. The van der Waals surface area contributed by atoms with Gasteiger partial charge in [0, 0.05) is 18.2 Å². The van der Waals surface area contributed by atoms with E-state index in [9.17, 15) is 0 Å². The van der Waals surface area contributed by atoms with Crippen molar-refractivity contribution in [3.63, 3.8) is 0 Å². The quantitative estimate of drug-likeness (QED) is 0.726. The Morgan fingerprint density at radius 1 is 1.46 bits per heavy atom. The van der Waals surface area contributed by atoms with E-state index >= 15 is 0 Å². The summed E-state index contributed by atoms with van der Waals surface area (Å²) < 4.78 is 5.44. The van der Waals surface area contributed by atoms with E-state index in [1.54, 1.807) is 0 Å². The summed E-state index contributed by atoms with van der Waals surface area (Å²) in [4.78, 5) is 0. The second-order valence-corrected chi connectivity index (χ2v) is 4.69. The molecule has 2 nitrogen and oxygen atoms in total. The molecule has 1 rings (SSSR count). The van der Waals surface area contributed by atoms with Crippen LogP contribution < -0.4 is 5.32 Å². The molecule has 0 bridgehead atoms. The minimum absolute atomic E-state index is 0.278. The van der Waals surface area contributed by atoms with Gasteiger partial charge < -0.3 is 10.1 Å². The fraction of sp³-hybridized carbons (Fsp3) is 1.00. The number of nitrogens with one attached hydrogen (secondary N) is 1. The fourth-order valence-corrected chi connectivity index (χ4v) is 2.10. The maximum absolute atomic E-state index is 5.44. The highest BCUT2D eigenvalue weighted by Crippen LogP contribution is 2.15. The summed E-state index contributed by atoms with van der Waals surface area (Å²) in [5, 5.41) is 3.67. The van der Waals surface area contributed by atoms with Crippen molar-refractivity contribution in [1.82, 2.24) is 5.32 Å². The van der Waals surface area contributed by atoms with Crippen LogP contribution in [0.4, 0.5) is 0 Å². The van der Waals surface area contributed by atoms with Crippen molar-refractivity contribution in [3.8, 4) is 0 Å². The zero-order chi connectivity index (χ0) is 9.73. The van der Waals surface area contributed by atoms with Crippen LogP contribution in [0.3, 0.4) is 0 Å². The lowest BCUT2D eigenvalue weighted by Gasteiger charge is -2.33. The summed E-state index contributed by atoms with van der Waals surface area (Å²) in [5.74, 6) is 0. The molecule has 1 atom stereocenters. The Kier molecular flexibility index (Phi) is 4.20. The summed E-state index contributed by atoms with van der Waals surface area (Å²) in [6, 6.07) is 0.579. The zero-order valence-electron chi connectivity index (χ0n) is 9.23. The van der Waals surface area contributed by atoms with Crippen LogP contribution in [0.1, 0.15) is 46.5 Å². The largest absolute Gasteiger partial charge is 0.380 e. The van der Waals surface area contributed by atoms with Gasteiger partial charge in [0.2, 0.25) is 0 Å². The molecule has 0 aliphatic carbocycles. The van der Waals surface area contributed by atoms with Gasteiger partial charge in [0.15, 0.2) is 0 Å². The summed E-state index contributed by atoms with van der Waals surface area (Å²) in [5.41, 5.74) is 0.278. The molecule has 0 aromatic rings. The van der Waals surface area contributed by atoms with Crippen LogP contribution in [0, 0.1) is 0 Å². The first kappa shape index (κ1) is 11.0. The third-order valence-corrected chi connectivity index (χ3v) is 2.63.